The Hall–Kier alpha value is -1.91. The average molecular weight is 205 g/mol. The summed E-state index contributed by atoms with van der Waals surface area (Å²) in [6.45, 7) is 3.91. The Balaban J connectivity index is 2.58. The smallest absolute Gasteiger partial charge is 0.357 e. The van der Waals surface area contributed by atoms with Crippen LogP contribution in [0, 0.1) is 6.92 Å². The van der Waals surface area contributed by atoms with E-state index in [0.717, 1.165) is 0 Å². The number of esters is 1. The summed E-state index contributed by atoms with van der Waals surface area (Å²) in [6, 6.07) is 0. The molecule has 0 saturated carbocycles. The minimum atomic E-state index is -0.353. The number of nitrogens with zero attached hydrogens (tertiary/aromatic N) is 3. The molecule has 0 atom stereocenters. The van der Waals surface area contributed by atoms with E-state index in [1.54, 1.807) is 36.8 Å². The topological polar surface area (TPSA) is 56.5 Å². The zero-order valence-corrected chi connectivity index (χ0v) is 8.60. The fraction of sp³-hybridized carbons (Fsp3) is 0.300. The van der Waals surface area contributed by atoms with Crippen molar-refractivity contribution in [2.75, 3.05) is 6.61 Å². The molecule has 0 fully saturated rings. The van der Waals surface area contributed by atoms with Gasteiger partial charge < -0.3 is 4.74 Å². The summed E-state index contributed by atoms with van der Waals surface area (Å²) in [5, 5.41) is 0. The number of aromatic nitrogens is 3. The van der Waals surface area contributed by atoms with Crippen molar-refractivity contribution in [2.24, 2.45) is 0 Å². The Morgan fingerprint density at radius 2 is 2.40 bits per heavy atom. The number of fused-ring (bicyclic) bond motifs is 1. The van der Waals surface area contributed by atoms with E-state index in [2.05, 4.69) is 9.97 Å². The van der Waals surface area contributed by atoms with Crippen LogP contribution < -0.4 is 0 Å². The number of carbonyl (C=O) groups excluding carboxylic acids is 1. The van der Waals surface area contributed by atoms with Crippen molar-refractivity contribution < 1.29 is 9.53 Å². The molecule has 5 nitrogen and oxygen atoms in total. The molecular formula is C10H11N3O2. The van der Waals surface area contributed by atoms with E-state index >= 15 is 0 Å². The summed E-state index contributed by atoms with van der Waals surface area (Å²) >= 11 is 0. The number of imidazole rings is 1. The van der Waals surface area contributed by atoms with Crippen LogP contribution in [0.3, 0.4) is 0 Å². The molecule has 0 amide bonds. The number of aryl methyl sites for hydroxylation is 1. The van der Waals surface area contributed by atoms with Crippen LogP contribution in [0.4, 0.5) is 0 Å². The summed E-state index contributed by atoms with van der Waals surface area (Å²) in [6.07, 6.45) is 4.91. The molecule has 0 aromatic carbocycles. The fourth-order valence-corrected chi connectivity index (χ4v) is 1.47. The van der Waals surface area contributed by atoms with E-state index in [1.807, 2.05) is 0 Å². The minimum Gasteiger partial charge on any atom is -0.461 e. The molecule has 0 unspecified atom stereocenters. The molecule has 0 aliphatic rings. The van der Waals surface area contributed by atoms with Gasteiger partial charge in [-0.15, -0.1) is 0 Å². The first kappa shape index (κ1) is 9.64. The standard InChI is InChI=1S/C10H11N3O2/c1-3-15-10(14)9-7(2)12-8-6-11-4-5-13(8)9/h4-6H,3H2,1-2H3. The fourth-order valence-electron chi connectivity index (χ4n) is 1.47. The third-order valence-corrected chi connectivity index (χ3v) is 2.07. The summed E-state index contributed by atoms with van der Waals surface area (Å²) < 4.78 is 6.64. The zero-order chi connectivity index (χ0) is 10.8. The molecule has 0 N–H and O–H groups in total. The molecule has 0 spiro atoms. The van der Waals surface area contributed by atoms with Gasteiger partial charge >= 0.3 is 5.97 Å². The van der Waals surface area contributed by atoms with Gasteiger partial charge in [0.05, 0.1) is 18.5 Å². The Morgan fingerprint density at radius 1 is 1.60 bits per heavy atom. The predicted octanol–water partition coefficient (Wildman–Crippen LogP) is 1.21. The highest BCUT2D eigenvalue weighted by Gasteiger charge is 2.16. The molecular weight excluding hydrogens is 194 g/mol. The molecule has 0 aliphatic heterocycles. The molecule has 0 aliphatic carbocycles. The van der Waals surface area contributed by atoms with E-state index in [0.29, 0.717) is 23.6 Å². The summed E-state index contributed by atoms with van der Waals surface area (Å²) in [7, 11) is 0. The van der Waals surface area contributed by atoms with Crippen LogP contribution in [0.5, 0.6) is 0 Å². The molecule has 0 radical (unpaired) electrons. The van der Waals surface area contributed by atoms with Crippen molar-refractivity contribution in [3.05, 3.63) is 30.0 Å². The predicted molar refractivity (Wildman–Crippen MR) is 53.7 cm³/mol. The second-order valence-electron chi connectivity index (χ2n) is 3.07. The first-order valence-corrected chi connectivity index (χ1v) is 4.70. The normalized spacial score (nSPS) is 10.5. The van der Waals surface area contributed by atoms with Crippen molar-refractivity contribution in [3.8, 4) is 0 Å². The summed E-state index contributed by atoms with van der Waals surface area (Å²) in [5.41, 5.74) is 1.77. The largest absolute Gasteiger partial charge is 0.461 e. The van der Waals surface area contributed by atoms with Gasteiger partial charge in [0.25, 0.3) is 0 Å². The SMILES string of the molecule is CCOC(=O)c1c(C)nc2cnccn12. The van der Waals surface area contributed by atoms with Gasteiger partial charge in [0, 0.05) is 12.4 Å². The molecule has 5 heteroatoms. The van der Waals surface area contributed by atoms with Gasteiger partial charge in [0.15, 0.2) is 11.3 Å². The monoisotopic (exact) mass is 205 g/mol. The third-order valence-electron chi connectivity index (χ3n) is 2.07. The lowest BCUT2D eigenvalue weighted by atomic mass is 10.3. The van der Waals surface area contributed by atoms with Gasteiger partial charge in [-0.25, -0.2) is 9.78 Å². The van der Waals surface area contributed by atoms with Crippen LogP contribution in [0.1, 0.15) is 23.1 Å². The van der Waals surface area contributed by atoms with Crippen LogP contribution in [0.2, 0.25) is 0 Å². The molecule has 15 heavy (non-hydrogen) atoms. The first-order chi connectivity index (χ1) is 7.24. The zero-order valence-electron chi connectivity index (χ0n) is 8.60. The molecule has 2 heterocycles. The van der Waals surface area contributed by atoms with E-state index in [-0.39, 0.29) is 5.97 Å². The van der Waals surface area contributed by atoms with Gasteiger partial charge in [0.1, 0.15) is 0 Å². The Bertz CT molecular complexity index is 504. The Morgan fingerprint density at radius 3 is 3.13 bits per heavy atom. The number of carbonyl (C=O) groups is 1. The van der Waals surface area contributed by atoms with Crippen LogP contribution >= 0.6 is 0 Å². The van der Waals surface area contributed by atoms with E-state index in [9.17, 15) is 4.79 Å². The van der Waals surface area contributed by atoms with Crippen molar-refractivity contribution in [2.45, 2.75) is 13.8 Å². The second kappa shape index (κ2) is 3.68. The lowest BCUT2D eigenvalue weighted by molar-refractivity contribution is 0.0517. The molecule has 2 aromatic heterocycles. The second-order valence-corrected chi connectivity index (χ2v) is 3.07. The number of hydrogen-bond acceptors (Lipinski definition) is 4. The maximum absolute atomic E-state index is 11.6. The van der Waals surface area contributed by atoms with Gasteiger partial charge in [-0.2, -0.15) is 0 Å². The van der Waals surface area contributed by atoms with Gasteiger partial charge in [-0.3, -0.25) is 9.38 Å². The van der Waals surface area contributed by atoms with Crippen LogP contribution in [0.15, 0.2) is 18.6 Å². The number of ether oxygens (including phenoxy) is 1. The molecule has 0 bridgehead atoms. The van der Waals surface area contributed by atoms with E-state index < -0.39 is 0 Å². The Kier molecular flexibility index (Phi) is 2.37. The van der Waals surface area contributed by atoms with E-state index in [4.69, 9.17) is 4.74 Å². The lowest BCUT2D eigenvalue weighted by Crippen LogP contribution is -2.09. The maximum atomic E-state index is 11.6. The van der Waals surface area contributed by atoms with Crippen molar-refractivity contribution in [3.63, 3.8) is 0 Å². The Labute approximate surface area is 86.7 Å². The highest BCUT2D eigenvalue weighted by Crippen LogP contribution is 2.11. The van der Waals surface area contributed by atoms with Gasteiger partial charge in [0.2, 0.25) is 0 Å². The number of rotatable bonds is 2. The van der Waals surface area contributed by atoms with Crippen molar-refractivity contribution in [1.82, 2.24) is 14.4 Å². The van der Waals surface area contributed by atoms with Gasteiger partial charge in [-0.1, -0.05) is 0 Å². The van der Waals surface area contributed by atoms with Gasteiger partial charge in [-0.05, 0) is 13.8 Å². The average Bonchev–Trinajstić information content (AvgIpc) is 2.54. The quantitative estimate of drug-likeness (QED) is 0.691. The lowest BCUT2D eigenvalue weighted by Gasteiger charge is -2.01. The number of hydrogen-bond donors (Lipinski definition) is 0. The summed E-state index contributed by atoms with van der Waals surface area (Å²) in [5.74, 6) is -0.353. The third kappa shape index (κ3) is 1.56. The molecule has 78 valence electrons. The highest BCUT2D eigenvalue weighted by molar-refractivity contribution is 5.89. The highest BCUT2D eigenvalue weighted by atomic mass is 16.5. The minimum absolute atomic E-state index is 0.353. The molecule has 0 saturated heterocycles. The van der Waals surface area contributed by atoms with E-state index in [1.165, 1.54) is 0 Å². The van der Waals surface area contributed by atoms with Crippen LogP contribution in [0.25, 0.3) is 5.65 Å². The first-order valence-electron chi connectivity index (χ1n) is 4.70. The summed E-state index contributed by atoms with van der Waals surface area (Å²) in [4.78, 5) is 19.8. The molecule has 2 rings (SSSR count). The maximum Gasteiger partial charge on any atom is 0.357 e. The van der Waals surface area contributed by atoms with Crippen LogP contribution in [-0.4, -0.2) is 26.9 Å². The van der Waals surface area contributed by atoms with Crippen molar-refractivity contribution >= 4 is 11.6 Å². The van der Waals surface area contributed by atoms with Crippen LogP contribution in [-0.2, 0) is 4.74 Å². The van der Waals surface area contributed by atoms with Crippen molar-refractivity contribution in [1.29, 1.82) is 0 Å². The molecule has 2 aromatic rings.